The van der Waals surface area contributed by atoms with Crippen molar-refractivity contribution >= 4 is 0 Å². The minimum absolute atomic E-state index is 0.467. The number of imidazole rings is 1. The predicted molar refractivity (Wildman–Crippen MR) is 50.4 cm³/mol. The Labute approximate surface area is 78.4 Å². The van der Waals surface area contributed by atoms with Crippen LogP contribution in [-0.2, 0) is 6.54 Å². The van der Waals surface area contributed by atoms with E-state index in [4.69, 9.17) is 0 Å². The van der Waals surface area contributed by atoms with E-state index in [-0.39, 0.29) is 0 Å². The molecule has 0 spiro atoms. The molecule has 13 heavy (non-hydrogen) atoms. The summed E-state index contributed by atoms with van der Waals surface area (Å²) >= 11 is 0. The first-order valence-corrected chi connectivity index (χ1v) is 4.90. The van der Waals surface area contributed by atoms with Crippen LogP contribution in [0, 0.1) is 6.92 Å². The standard InChI is InChI=1S/C10H16N2O/c1-9-11-6-7-12(9)8-10(13)4-2-3-5-10/h6-7,13H,2-5,8H2,1H3. The van der Waals surface area contributed by atoms with Gasteiger partial charge in [-0.2, -0.15) is 0 Å². The van der Waals surface area contributed by atoms with Gasteiger partial charge >= 0.3 is 0 Å². The van der Waals surface area contributed by atoms with Gasteiger partial charge in [0.25, 0.3) is 0 Å². The maximum atomic E-state index is 10.1. The molecular weight excluding hydrogens is 164 g/mol. The molecule has 0 unspecified atom stereocenters. The van der Waals surface area contributed by atoms with Gasteiger partial charge in [0.15, 0.2) is 0 Å². The lowest BCUT2D eigenvalue weighted by molar-refractivity contribution is 0.0293. The summed E-state index contributed by atoms with van der Waals surface area (Å²) in [6, 6.07) is 0. The molecule has 1 saturated carbocycles. The zero-order valence-electron chi connectivity index (χ0n) is 8.03. The number of aromatic nitrogens is 2. The Morgan fingerprint density at radius 3 is 2.77 bits per heavy atom. The maximum Gasteiger partial charge on any atom is 0.105 e. The molecule has 3 nitrogen and oxygen atoms in total. The van der Waals surface area contributed by atoms with Crippen LogP contribution in [0.1, 0.15) is 31.5 Å². The highest BCUT2D eigenvalue weighted by molar-refractivity contribution is 4.93. The van der Waals surface area contributed by atoms with Crippen molar-refractivity contribution < 1.29 is 5.11 Å². The summed E-state index contributed by atoms with van der Waals surface area (Å²) in [5.41, 5.74) is -0.467. The van der Waals surface area contributed by atoms with Gasteiger partial charge in [-0.25, -0.2) is 4.98 Å². The van der Waals surface area contributed by atoms with Crippen LogP contribution >= 0.6 is 0 Å². The molecule has 0 atom stereocenters. The Morgan fingerprint density at radius 1 is 1.54 bits per heavy atom. The van der Waals surface area contributed by atoms with Crippen LogP contribution in [0.2, 0.25) is 0 Å². The predicted octanol–water partition coefficient (Wildman–Crippen LogP) is 1.50. The van der Waals surface area contributed by atoms with E-state index in [0.717, 1.165) is 31.5 Å². The lowest BCUT2D eigenvalue weighted by atomic mass is 10.0. The van der Waals surface area contributed by atoms with Crippen LogP contribution in [0.25, 0.3) is 0 Å². The van der Waals surface area contributed by atoms with Crippen molar-refractivity contribution in [3.63, 3.8) is 0 Å². The van der Waals surface area contributed by atoms with Crippen molar-refractivity contribution in [2.75, 3.05) is 0 Å². The van der Waals surface area contributed by atoms with Gasteiger partial charge < -0.3 is 9.67 Å². The van der Waals surface area contributed by atoms with Crippen LogP contribution in [0.5, 0.6) is 0 Å². The van der Waals surface area contributed by atoms with Gasteiger partial charge in [0.2, 0.25) is 0 Å². The smallest absolute Gasteiger partial charge is 0.105 e. The van der Waals surface area contributed by atoms with Gasteiger partial charge in [0.1, 0.15) is 5.82 Å². The highest BCUT2D eigenvalue weighted by Crippen LogP contribution is 2.30. The molecule has 3 heteroatoms. The van der Waals surface area contributed by atoms with Crippen LogP contribution in [0.15, 0.2) is 12.4 Å². The second kappa shape index (κ2) is 3.14. The molecule has 0 bridgehead atoms. The first-order valence-electron chi connectivity index (χ1n) is 4.90. The third kappa shape index (κ3) is 1.75. The number of hydrogen-bond acceptors (Lipinski definition) is 2. The summed E-state index contributed by atoms with van der Waals surface area (Å²) in [6.45, 7) is 2.68. The van der Waals surface area contributed by atoms with Gasteiger partial charge in [-0.3, -0.25) is 0 Å². The van der Waals surface area contributed by atoms with E-state index in [1.54, 1.807) is 6.20 Å². The summed E-state index contributed by atoms with van der Waals surface area (Å²) in [5.74, 6) is 0.986. The van der Waals surface area contributed by atoms with Gasteiger partial charge in [0.05, 0.1) is 12.1 Å². The van der Waals surface area contributed by atoms with E-state index in [2.05, 4.69) is 4.98 Å². The van der Waals surface area contributed by atoms with E-state index in [0.29, 0.717) is 6.54 Å². The average Bonchev–Trinajstić information content (AvgIpc) is 2.64. The van der Waals surface area contributed by atoms with Gasteiger partial charge in [-0.1, -0.05) is 12.8 Å². The van der Waals surface area contributed by atoms with Gasteiger partial charge in [0, 0.05) is 12.4 Å². The molecule has 72 valence electrons. The van der Waals surface area contributed by atoms with Crippen molar-refractivity contribution in [3.05, 3.63) is 18.2 Å². The zero-order chi connectivity index (χ0) is 9.31. The van der Waals surface area contributed by atoms with E-state index in [1.165, 1.54) is 0 Å². The Bertz CT molecular complexity index is 287. The van der Waals surface area contributed by atoms with Crippen molar-refractivity contribution in [3.8, 4) is 0 Å². The summed E-state index contributed by atoms with van der Waals surface area (Å²) in [5, 5.41) is 10.1. The van der Waals surface area contributed by atoms with Crippen molar-refractivity contribution in [2.45, 2.75) is 44.8 Å². The lowest BCUT2D eigenvalue weighted by Crippen LogP contribution is -2.30. The lowest BCUT2D eigenvalue weighted by Gasteiger charge is -2.23. The van der Waals surface area contributed by atoms with Gasteiger partial charge in [-0.15, -0.1) is 0 Å². The van der Waals surface area contributed by atoms with Crippen LogP contribution in [-0.4, -0.2) is 20.3 Å². The number of rotatable bonds is 2. The Balaban J connectivity index is 2.09. The maximum absolute atomic E-state index is 10.1. The fraction of sp³-hybridized carbons (Fsp3) is 0.700. The highest BCUT2D eigenvalue weighted by Gasteiger charge is 2.31. The van der Waals surface area contributed by atoms with Gasteiger partial charge in [-0.05, 0) is 19.8 Å². The van der Waals surface area contributed by atoms with Crippen molar-refractivity contribution in [2.24, 2.45) is 0 Å². The molecule has 1 aliphatic rings. The molecule has 1 aliphatic carbocycles. The molecular formula is C10H16N2O. The second-order valence-electron chi connectivity index (χ2n) is 4.03. The largest absolute Gasteiger partial charge is 0.388 e. The van der Waals surface area contributed by atoms with E-state index >= 15 is 0 Å². The summed E-state index contributed by atoms with van der Waals surface area (Å²) in [6.07, 6.45) is 7.91. The summed E-state index contributed by atoms with van der Waals surface area (Å²) < 4.78 is 2.03. The van der Waals surface area contributed by atoms with Crippen LogP contribution in [0.4, 0.5) is 0 Å². The fourth-order valence-electron chi connectivity index (χ4n) is 2.08. The van der Waals surface area contributed by atoms with Crippen LogP contribution < -0.4 is 0 Å². The Morgan fingerprint density at radius 2 is 2.23 bits per heavy atom. The van der Waals surface area contributed by atoms with E-state index < -0.39 is 5.60 Å². The first kappa shape index (κ1) is 8.75. The van der Waals surface area contributed by atoms with Crippen molar-refractivity contribution in [1.29, 1.82) is 0 Å². The molecule has 0 saturated heterocycles. The number of aliphatic hydroxyl groups is 1. The average molecular weight is 180 g/mol. The molecule has 0 aliphatic heterocycles. The molecule has 0 amide bonds. The molecule has 0 aromatic carbocycles. The Hall–Kier alpha value is -0.830. The van der Waals surface area contributed by atoms with Crippen LogP contribution in [0.3, 0.4) is 0 Å². The topological polar surface area (TPSA) is 38.0 Å². The van der Waals surface area contributed by atoms with Crippen molar-refractivity contribution in [1.82, 2.24) is 9.55 Å². The minimum atomic E-state index is -0.467. The molecule has 1 heterocycles. The van der Waals surface area contributed by atoms with E-state index in [1.807, 2.05) is 17.7 Å². The second-order valence-corrected chi connectivity index (χ2v) is 4.03. The minimum Gasteiger partial charge on any atom is -0.388 e. The molecule has 2 rings (SSSR count). The molecule has 0 radical (unpaired) electrons. The monoisotopic (exact) mass is 180 g/mol. The highest BCUT2D eigenvalue weighted by atomic mass is 16.3. The SMILES string of the molecule is Cc1nccn1CC1(O)CCCC1. The summed E-state index contributed by atoms with van der Waals surface area (Å²) in [7, 11) is 0. The quantitative estimate of drug-likeness (QED) is 0.749. The third-order valence-electron chi connectivity index (χ3n) is 2.92. The third-order valence-corrected chi connectivity index (χ3v) is 2.92. The zero-order valence-corrected chi connectivity index (χ0v) is 8.03. The number of hydrogen-bond donors (Lipinski definition) is 1. The first-order chi connectivity index (χ1) is 6.20. The number of aryl methyl sites for hydroxylation is 1. The number of nitrogens with zero attached hydrogens (tertiary/aromatic N) is 2. The fourth-order valence-corrected chi connectivity index (χ4v) is 2.08. The normalized spacial score (nSPS) is 20.8. The molecule has 1 N–H and O–H groups in total. The molecule has 1 fully saturated rings. The molecule has 1 aromatic heterocycles. The van der Waals surface area contributed by atoms with E-state index in [9.17, 15) is 5.11 Å². The molecule has 1 aromatic rings. The summed E-state index contributed by atoms with van der Waals surface area (Å²) in [4.78, 5) is 4.14. The Kier molecular flexibility index (Phi) is 2.12.